The highest BCUT2D eigenvalue weighted by atomic mass is 16.5. The lowest BCUT2D eigenvalue weighted by Crippen LogP contribution is -2.06. The lowest BCUT2D eigenvalue weighted by Gasteiger charge is -2.06. The molecule has 0 aliphatic carbocycles. The minimum absolute atomic E-state index is 0.281. The first-order valence-corrected chi connectivity index (χ1v) is 5.74. The predicted octanol–water partition coefficient (Wildman–Crippen LogP) is 2.93. The lowest BCUT2D eigenvalue weighted by atomic mass is 10.1. The number of hydrogen-bond acceptors (Lipinski definition) is 3. The van der Waals surface area contributed by atoms with Crippen LogP contribution in [0.4, 0.5) is 5.69 Å². The van der Waals surface area contributed by atoms with Crippen molar-refractivity contribution < 1.29 is 9.53 Å². The molecule has 3 nitrogen and oxygen atoms in total. The fourth-order valence-electron chi connectivity index (χ4n) is 1.61. The van der Waals surface area contributed by atoms with Crippen molar-refractivity contribution in [3.8, 4) is 0 Å². The first-order chi connectivity index (χ1) is 8.66. The third kappa shape index (κ3) is 2.88. The summed E-state index contributed by atoms with van der Waals surface area (Å²) in [5.74, 6) is -0.332. The molecule has 0 unspecified atom stereocenters. The van der Waals surface area contributed by atoms with Gasteiger partial charge in [-0.15, -0.1) is 0 Å². The maximum Gasteiger partial charge on any atom is 0.338 e. The summed E-state index contributed by atoms with van der Waals surface area (Å²) in [5.41, 5.74) is 8.75. The molecule has 0 atom stereocenters. The quantitative estimate of drug-likeness (QED) is 0.664. The van der Waals surface area contributed by atoms with E-state index in [4.69, 9.17) is 10.5 Å². The monoisotopic (exact) mass is 241 g/mol. The maximum absolute atomic E-state index is 11.8. The number of nitrogens with two attached hydrogens (primary N) is 1. The summed E-state index contributed by atoms with van der Waals surface area (Å²) in [7, 11) is 0. The number of anilines is 1. The molecular weight excluding hydrogens is 226 g/mol. The molecule has 0 spiro atoms. The van der Waals surface area contributed by atoms with Crippen molar-refractivity contribution in [2.45, 2.75) is 13.5 Å². The minimum Gasteiger partial charge on any atom is -0.457 e. The Balaban J connectivity index is 2.02. The van der Waals surface area contributed by atoms with Crippen molar-refractivity contribution in [3.63, 3.8) is 0 Å². The number of esters is 1. The van der Waals surface area contributed by atoms with Crippen LogP contribution in [0.3, 0.4) is 0 Å². The van der Waals surface area contributed by atoms with Gasteiger partial charge in [0, 0.05) is 5.69 Å². The van der Waals surface area contributed by atoms with Gasteiger partial charge in [0.25, 0.3) is 0 Å². The third-order valence-electron chi connectivity index (χ3n) is 2.72. The summed E-state index contributed by atoms with van der Waals surface area (Å²) in [6.45, 7) is 2.15. The molecule has 2 aromatic rings. The summed E-state index contributed by atoms with van der Waals surface area (Å²) in [4.78, 5) is 11.8. The molecule has 18 heavy (non-hydrogen) atoms. The topological polar surface area (TPSA) is 52.3 Å². The average molecular weight is 241 g/mol. The molecule has 0 saturated carbocycles. The third-order valence-corrected chi connectivity index (χ3v) is 2.72. The molecule has 2 N–H and O–H groups in total. The summed E-state index contributed by atoms with van der Waals surface area (Å²) < 4.78 is 5.23. The zero-order chi connectivity index (χ0) is 13.0. The maximum atomic E-state index is 11.8. The fraction of sp³-hybridized carbons (Fsp3) is 0.133. The van der Waals surface area contributed by atoms with Gasteiger partial charge >= 0.3 is 5.97 Å². The predicted molar refractivity (Wildman–Crippen MR) is 71.2 cm³/mol. The largest absolute Gasteiger partial charge is 0.457 e. The van der Waals surface area contributed by atoms with E-state index in [-0.39, 0.29) is 12.6 Å². The highest BCUT2D eigenvalue weighted by Crippen LogP contribution is 2.14. The molecule has 2 rings (SSSR count). The van der Waals surface area contributed by atoms with E-state index in [0.29, 0.717) is 11.3 Å². The van der Waals surface area contributed by atoms with Crippen LogP contribution < -0.4 is 5.73 Å². The Morgan fingerprint density at radius 2 is 1.89 bits per heavy atom. The Morgan fingerprint density at radius 1 is 1.17 bits per heavy atom. The molecular formula is C15H15NO2. The zero-order valence-corrected chi connectivity index (χ0v) is 10.2. The van der Waals surface area contributed by atoms with E-state index in [1.807, 2.05) is 37.3 Å². The van der Waals surface area contributed by atoms with Crippen LogP contribution in [-0.2, 0) is 11.3 Å². The van der Waals surface area contributed by atoms with Crippen LogP contribution in [0.5, 0.6) is 0 Å². The SMILES string of the molecule is Cc1cc(C(=O)OCc2ccccc2)ccc1N. The van der Waals surface area contributed by atoms with Gasteiger partial charge in [-0.25, -0.2) is 4.79 Å². The normalized spacial score (nSPS) is 10.1. The number of ether oxygens (including phenoxy) is 1. The van der Waals surface area contributed by atoms with Crippen LogP contribution in [0.1, 0.15) is 21.5 Å². The van der Waals surface area contributed by atoms with Crippen LogP contribution in [0.25, 0.3) is 0 Å². The molecule has 0 heterocycles. The van der Waals surface area contributed by atoms with Crippen LogP contribution in [0.2, 0.25) is 0 Å². The Labute approximate surface area is 106 Å². The highest BCUT2D eigenvalue weighted by Gasteiger charge is 2.08. The molecule has 0 radical (unpaired) electrons. The summed E-state index contributed by atoms with van der Waals surface area (Å²) in [6, 6.07) is 14.7. The number of nitrogen functional groups attached to an aromatic ring is 1. The second kappa shape index (κ2) is 5.36. The van der Waals surface area contributed by atoms with Crippen molar-refractivity contribution in [2.24, 2.45) is 0 Å². The minimum atomic E-state index is -0.332. The Morgan fingerprint density at radius 3 is 2.56 bits per heavy atom. The highest BCUT2D eigenvalue weighted by molar-refractivity contribution is 5.90. The first kappa shape index (κ1) is 12.2. The molecule has 0 saturated heterocycles. The molecule has 92 valence electrons. The lowest BCUT2D eigenvalue weighted by molar-refractivity contribution is 0.0472. The summed E-state index contributed by atoms with van der Waals surface area (Å²) >= 11 is 0. The van der Waals surface area contributed by atoms with E-state index < -0.39 is 0 Å². The smallest absolute Gasteiger partial charge is 0.338 e. The Bertz CT molecular complexity index is 550. The summed E-state index contributed by atoms with van der Waals surface area (Å²) in [5, 5.41) is 0. The first-order valence-electron chi connectivity index (χ1n) is 5.74. The number of aryl methyl sites for hydroxylation is 1. The number of carbonyl (C=O) groups is 1. The van der Waals surface area contributed by atoms with Gasteiger partial charge in [-0.1, -0.05) is 30.3 Å². The van der Waals surface area contributed by atoms with Gasteiger partial charge in [0.05, 0.1) is 5.56 Å². The zero-order valence-electron chi connectivity index (χ0n) is 10.2. The van der Waals surface area contributed by atoms with Gasteiger partial charge in [0.15, 0.2) is 0 Å². The van der Waals surface area contributed by atoms with Gasteiger partial charge in [-0.05, 0) is 36.2 Å². The van der Waals surface area contributed by atoms with Crippen LogP contribution in [-0.4, -0.2) is 5.97 Å². The molecule has 0 bridgehead atoms. The second-order valence-corrected chi connectivity index (χ2v) is 4.13. The van der Waals surface area contributed by atoms with Gasteiger partial charge < -0.3 is 10.5 Å². The molecule has 3 heteroatoms. The summed E-state index contributed by atoms with van der Waals surface area (Å²) in [6.07, 6.45) is 0. The van der Waals surface area contributed by atoms with Crippen molar-refractivity contribution >= 4 is 11.7 Å². The van der Waals surface area contributed by atoms with Crippen molar-refractivity contribution in [3.05, 3.63) is 65.2 Å². The Hall–Kier alpha value is -2.29. The van der Waals surface area contributed by atoms with Crippen LogP contribution in [0, 0.1) is 6.92 Å². The number of benzene rings is 2. The number of rotatable bonds is 3. The van der Waals surface area contributed by atoms with Gasteiger partial charge in [-0.2, -0.15) is 0 Å². The van der Waals surface area contributed by atoms with Crippen molar-refractivity contribution in [1.82, 2.24) is 0 Å². The van der Waals surface area contributed by atoms with E-state index in [1.54, 1.807) is 18.2 Å². The Kier molecular flexibility index (Phi) is 3.63. The molecule has 2 aromatic carbocycles. The molecule has 0 aliphatic heterocycles. The van der Waals surface area contributed by atoms with Crippen molar-refractivity contribution in [2.75, 3.05) is 5.73 Å². The van der Waals surface area contributed by atoms with Crippen LogP contribution >= 0.6 is 0 Å². The molecule has 0 aromatic heterocycles. The number of hydrogen-bond donors (Lipinski definition) is 1. The van der Waals surface area contributed by atoms with E-state index >= 15 is 0 Å². The van der Waals surface area contributed by atoms with E-state index in [1.165, 1.54) is 0 Å². The standard InChI is InChI=1S/C15H15NO2/c1-11-9-13(7-8-14(11)16)15(17)18-10-12-5-3-2-4-6-12/h2-9H,10,16H2,1H3. The molecule has 0 amide bonds. The van der Waals surface area contributed by atoms with Crippen molar-refractivity contribution in [1.29, 1.82) is 0 Å². The number of carbonyl (C=O) groups excluding carboxylic acids is 1. The van der Waals surface area contributed by atoms with E-state index in [0.717, 1.165) is 11.1 Å². The van der Waals surface area contributed by atoms with E-state index in [2.05, 4.69) is 0 Å². The van der Waals surface area contributed by atoms with Gasteiger partial charge in [-0.3, -0.25) is 0 Å². The van der Waals surface area contributed by atoms with E-state index in [9.17, 15) is 4.79 Å². The second-order valence-electron chi connectivity index (χ2n) is 4.13. The van der Waals surface area contributed by atoms with Crippen LogP contribution in [0.15, 0.2) is 48.5 Å². The van der Waals surface area contributed by atoms with Gasteiger partial charge in [0.1, 0.15) is 6.61 Å². The fourth-order valence-corrected chi connectivity index (χ4v) is 1.61. The van der Waals surface area contributed by atoms with Gasteiger partial charge in [0.2, 0.25) is 0 Å². The molecule has 0 fully saturated rings. The molecule has 0 aliphatic rings. The average Bonchev–Trinajstić information content (AvgIpc) is 2.40.